The second-order valence-corrected chi connectivity index (χ2v) is 9.36. The van der Waals surface area contributed by atoms with Crippen LogP contribution >= 0.6 is 11.6 Å². The first kappa shape index (κ1) is 20.9. The Bertz CT molecular complexity index is 1340. The Morgan fingerprint density at radius 1 is 0.912 bits per heavy atom. The summed E-state index contributed by atoms with van der Waals surface area (Å²) in [6, 6.07) is 20.0. The van der Waals surface area contributed by atoms with Crippen molar-refractivity contribution in [1.82, 2.24) is 5.32 Å². The van der Waals surface area contributed by atoms with Gasteiger partial charge in [0.25, 0.3) is 0 Å². The number of aromatic hydroxyl groups is 1. The number of carbonyl (C=O) groups excluding carboxylic acids is 3. The van der Waals surface area contributed by atoms with E-state index in [1.54, 1.807) is 54.6 Å². The molecule has 4 atom stereocenters. The SMILES string of the molecule is O=C1[C@@H]2[C@H](Cc3ccc(O)cc3)N[C@@]3(C(=O)Nc4ccccc43)[C@@H]2C(=O)N1c1ccc(Cl)cc1. The van der Waals surface area contributed by atoms with Crippen LogP contribution in [0.25, 0.3) is 0 Å². The van der Waals surface area contributed by atoms with Crippen LogP contribution in [-0.4, -0.2) is 28.9 Å². The summed E-state index contributed by atoms with van der Waals surface area (Å²) in [6.07, 6.45) is 0.409. The van der Waals surface area contributed by atoms with E-state index < -0.39 is 29.3 Å². The average Bonchev–Trinajstić information content (AvgIpc) is 3.41. The lowest BCUT2D eigenvalue weighted by atomic mass is 9.76. The third kappa shape index (κ3) is 2.84. The van der Waals surface area contributed by atoms with Crippen molar-refractivity contribution in [3.8, 4) is 5.75 Å². The number of imide groups is 1. The van der Waals surface area contributed by atoms with Gasteiger partial charge < -0.3 is 10.4 Å². The number of anilines is 2. The fourth-order valence-corrected chi connectivity index (χ4v) is 5.79. The molecule has 0 bridgehead atoms. The third-order valence-corrected chi connectivity index (χ3v) is 7.35. The number of hydrogen-bond acceptors (Lipinski definition) is 5. The van der Waals surface area contributed by atoms with Crippen molar-refractivity contribution in [2.45, 2.75) is 18.0 Å². The highest BCUT2D eigenvalue weighted by Crippen LogP contribution is 2.53. The molecule has 0 saturated carbocycles. The Hall–Kier alpha value is -3.68. The summed E-state index contributed by atoms with van der Waals surface area (Å²) in [5.74, 6) is -2.60. The van der Waals surface area contributed by atoms with E-state index in [1.165, 1.54) is 4.90 Å². The molecule has 0 aliphatic carbocycles. The van der Waals surface area contributed by atoms with E-state index in [4.69, 9.17) is 11.6 Å². The molecule has 7 nitrogen and oxygen atoms in total. The minimum atomic E-state index is -1.35. The molecule has 8 heteroatoms. The first-order valence-electron chi connectivity index (χ1n) is 11.0. The smallest absolute Gasteiger partial charge is 0.250 e. The van der Waals surface area contributed by atoms with E-state index in [1.807, 2.05) is 18.2 Å². The van der Waals surface area contributed by atoms with Crippen LogP contribution in [0.5, 0.6) is 5.75 Å². The number of nitrogens with one attached hydrogen (secondary N) is 2. The van der Waals surface area contributed by atoms with Gasteiger partial charge in [0.2, 0.25) is 17.7 Å². The van der Waals surface area contributed by atoms with Gasteiger partial charge in [-0.1, -0.05) is 41.9 Å². The summed E-state index contributed by atoms with van der Waals surface area (Å²) < 4.78 is 0. The van der Waals surface area contributed by atoms with Gasteiger partial charge in [0.15, 0.2) is 0 Å². The van der Waals surface area contributed by atoms with E-state index in [-0.39, 0.29) is 17.6 Å². The summed E-state index contributed by atoms with van der Waals surface area (Å²) in [4.78, 5) is 42.3. The van der Waals surface area contributed by atoms with Crippen LogP contribution < -0.4 is 15.5 Å². The van der Waals surface area contributed by atoms with Crippen molar-refractivity contribution in [2.24, 2.45) is 11.8 Å². The highest BCUT2D eigenvalue weighted by molar-refractivity contribution is 6.31. The number of amides is 3. The maximum Gasteiger partial charge on any atom is 0.250 e. The number of halogens is 1. The van der Waals surface area contributed by atoms with Gasteiger partial charge in [-0.2, -0.15) is 0 Å². The number of nitrogens with zero attached hydrogens (tertiary/aromatic N) is 1. The van der Waals surface area contributed by atoms with Crippen LogP contribution in [0.1, 0.15) is 11.1 Å². The summed E-state index contributed by atoms with van der Waals surface area (Å²) in [5.41, 5.74) is 1.26. The quantitative estimate of drug-likeness (QED) is 0.507. The Morgan fingerprint density at radius 2 is 1.62 bits per heavy atom. The van der Waals surface area contributed by atoms with Gasteiger partial charge in [0.05, 0.1) is 17.5 Å². The number of phenolic OH excluding ortho intramolecular Hbond substituents is 1. The van der Waals surface area contributed by atoms with Crippen LogP contribution in [0.15, 0.2) is 72.8 Å². The molecule has 2 saturated heterocycles. The molecule has 170 valence electrons. The van der Waals surface area contributed by atoms with Crippen molar-refractivity contribution >= 4 is 40.7 Å². The van der Waals surface area contributed by atoms with Gasteiger partial charge in [0, 0.05) is 22.3 Å². The average molecular weight is 474 g/mol. The van der Waals surface area contributed by atoms with Crippen LogP contribution in [-0.2, 0) is 26.3 Å². The Labute approximate surface area is 200 Å². The topological polar surface area (TPSA) is 98.7 Å². The molecule has 0 unspecified atom stereocenters. The number of para-hydroxylation sites is 1. The number of rotatable bonds is 3. The monoisotopic (exact) mass is 473 g/mol. The summed E-state index contributed by atoms with van der Waals surface area (Å²) in [6.45, 7) is 0. The minimum Gasteiger partial charge on any atom is -0.508 e. The van der Waals surface area contributed by atoms with Crippen molar-refractivity contribution in [2.75, 3.05) is 10.2 Å². The summed E-state index contributed by atoms with van der Waals surface area (Å²) in [7, 11) is 0. The second kappa shape index (κ2) is 7.41. The molecule has 34 heavy (non-hydrogen) atoms. The molecular formula is C26H20ClN3O4. The molecule has 1 spiro atoms. The van der Waals surface area contributed by atoms with Crippen LogP contribution in [0.3, 0.4) is 0 Å². The zero-order chi connectivity index (χ0) is 23.6. The zero-order valence-corrected chi connectivity index (χ0v) is 18.6. The molecule has 3 aromatic rings. The zero-order valence-electron chi connectivity index (χ0n) is 17.9. The summed E-state index contributed by atoms with van der Waals surface area (Å²) >= 11 is 6.02. The molecule has 3 aliphatic heterocycles. The predicted molar refractivity (Wildman–Crippen MR) is 126 cm³/mol. The molecule has 0 aromatic heterocycles. The number of phenols is 1. The van der Waals surface area contributed by atoms with Gasteiger partial charge in [0.1, 0.15) is 11.3 Å². The van der Waals surface area contributed by atoms with E-state index in [2.05, 4.69) is 10.6 Å². The lowest BCUT2D eigenvalue weighted by molar-refractivity contribution is -0.130. The molecular weight excluding hydrogens is 454 g/mol. The predicted octanol–water partition coefficient (Wildman–Crippen LogP) is 3.21. The minimum absolute atomic E-state index is 0.141. The number of fused-ring (bicyclic) bond motifs is 4. The lowest BCUT2D eigenvalue weighted by Crippen LogP contribution is -2.53. The van der Waals surface area contributed by atoms with Crippen molar-refractivity contribution in [3.05, 3.63) is 88.9 Å². The maximum absolute atomic E-state index is 13.9. The standard InChI is InChI=1S/C26H20ClN3O4/c27-15-7-9-16(10-8-15)30-23(32)21-20(13-14-5-11-17(31)12-6-14)29-26(22(21)24(30)33)18-3-1-2-4-19(18)28-25(26)34/h1-12,20-22,29,31H,13H2,(H,28,34)/t20-,21+,22-,26+/m0/s1. The lowest BCUT2D eigenvalue weighted by Gasteiger charge is -2.29. The van der Waals surface area contributed by atoms with E-state index in [0.717, 1.165) is 5.56 Å². The molecule has 0 radical (unpaired) electrons. The molecule has 3 N–H and O–H groups in total. The molecule has 2 fully saturated rings. The van der Waals surface area contributed by atoms with E-state index in [0.29, 0.717) is 28.4 Å². The maximum atomic E-state index is 13.9. The van der Waals surface area contributed by atoms with Gasteiger partial charge in [-0.15, -0.1) is 0 Å². The molecule has 3 aliphatic rings. The number of carbonyl (C=O) groups is 3. The second-order valence-electron chi connectivity index (χ2n) is 8.92. The van der Waals surface area contributed by atoms with Gasteiger partial charge in [-0.3, -0.25) is 19.7 Å². The first-order valence-corrected chi connectivity index (χ1v) is 11.4. The van der Waals surface area contributed by atoms with Crippen LogP contribution in [0.2, 0.25) is 5.02 Å². The molecule has 3 amide bonds. The molecule has 3 aromatic carbocycles. The molecule has 6 rings (SSSR count). The van der Waals surface area contributed by atoms with E-state index in [9.17, 15) is 19.5 Å². The van der Waals surface area contributed by atoms with Crippen LogP contribution in [0.4, 0.5) is 11.4 Å². The third-order valence-electron chi connectivity index (χ3n) is 7.10. The van der Waals surface area contributed by atoms with Gasteiger partial charge in [-0.25, -0.2) is 4.90 Å². The Morgan fingerprint density at radius 3 is 2.35 bits per heavy atom. The van der Waals surface area contributed by atoms with Crippen molar-refractivity contribution in [1.29, 1.82) is 0 Å². The van der Waals surface area contributed by atoms with Crippen molar-refractivity contribution < 1.29 is 19.5 Å². The Balaban J connectivity index is 1.48. The fraction of sp³-hybridized carbons (Fsp3) is 0.192. The van der Waals surface area contributed by atoms with Crippen LogP contribution in [0, 0.1) is 11.8 Å². The van der Waals surface area contributed by atoms with E-state index >= 15 is 0 Å². The summed E-state index contributed by atoms with van der Waals surface area (Å²) in [5, 5.41) is 16.5. The first-order chi connectivity index (χ1) is 16.4. The van der Waals surface area contributed by atoms with Gasteiger partial charge in [-0.05, 0) is 54.4 Å². The normalized spacial score (nSPS) is 27.3. The number of benzene rings is 3. The van der Waals surface area contributed by atoms with Crippen molar-refractivity contribution in [3.63, 3.8) is 0 Å². The van der Waals surface area contributed by atoms with Gasteiger partial charge >= 0.3 is 0 Å². The number of hydrogen-bond donors (Lipinski definition) is 3. The highest BCUT2D eigenvalue weighted by atomic mass is 35.5. The Kier molecular flexibility index (Phi) is 4.56. The fourth-order valence-electron chi connectivity index (χ4n) is 5.66. The largest absolute Gasteiger partial charge is 0.508 e. The highest BCUT2D eigenvalue weighted by Gasteiger charge is 2.70. The molecule has 3 heterocycles.